The van der Waals surface area contributed by atoms with Crippen LogP contribution in [-0.2, 0) is 11.3 Å². The first kappa shape index (κ1) is 12.3. The van der Waals surface area contributed by atoms with Gasteiger partial charge in [-0.25, -0.2) is 0 Å². The minimum absolute atomic E-state index is 0.236. The van der Waals surface area contributed by atoms with Crippen LogP contribution in [0.3, 0.4) is 0 Å². The van der Waals surface area contributed by atoms with E-state index >= 15 is 0 Å². The molecule has 0 fully saturated rings. The number of aliphatic hydroxyl groups excluding tert-OH is 1. The summed E-state index contributed by atoms with van der Waals surface area (Å²) in [4.78, 5) is 11.2. The molecular formula is C13H14N2O3. The molecule has 18 heavy (non-hydrogen) atoms. The number of aromatic nitrogens is 1. The van der Waals surface area contributed by atoms with E-state index in [0.717, 1.165) is 5.56 Å². The van der Waals surface area contributed by atoms with Crippen LogP contribution >= 0.6 is 0 Å². The third kappa shape index (κ3) is 2.95. The fourth-order valence-corrected chi connectivity index (χ4v) is 1.46. The van der Waals surface area contributed by atoms with Crippen LogP contribution in [0, 0.1) is 0 Å². The van der Waals surface area contributed by atoms with Crippen LogP contribution in [0.15, 0.2) is 40.9 Å². The van der Waals surface area contributed by atoms with Crippen LogP contribution in [-0.4, -0.2) is 22.3 Å². The van der Waals surface area contributed by atoms with E-state index in [1.165, 1.54) is 6.92 Å². The summed E-state index contributed by atoms with van der Waals surface area (Å²) in [5, 5.41) is 15.4. The Kier molecular flexibility index (Phi) is 3.74. The van der Waals surface area contributed by atoms with Gasteiger partial charge >= 0.3 is 0 Å². The average Bonchev–Trinajstić information content (AvgIpc) is 2.85. The molecule has 0 bridgehead atoms. The van der Waals surface area contributed by atoms with Crippen molar-refractivity contribution in [3.63, 3.8) is 0 Å². The number of hydrogen-bond acceptors (Lipinski definition) is 4. The summed E-state index contributed by atoms with van der Waals surface area (Å²) in [5.41, 5.74) is 1.54. The molecule has 2 aromatic rings. The van der Waals surface area contributed by atoms with E-state index in [-0.39, 0.29) is 6.54 Å². The summed E-state index contributed by atoms with van der Waals surface area (Å²) in [7, 11) is 0. The monoisotopic (exact) mass is 246 g/mol. The highest BCUT2D eigenvalue weighted by atomic mass is 16.5. The molecule has 0 aliphatic rings. The number of amides is 1. The van der Waals surface area contributed by atoms with Gasteiger partial charge in [0.2, 0.25) is 5.91 Å². The standard InChI is InChI=1S/C13H14N2O3/c1-9(16)13(17)14-8-11-7-12(18-15-11)10-5-3-2-4-6-10/h2-7,9,16H,8H2,1H3,(H,14,17). The molecule has 2 rings (SSSR count). The summed E-state index contributed by atoms with van der Waals surface area (Å²) in [5.74, 6) is 0.219. The Morgan fingerprint density at radius 1 is 1.44 bits per heavy atom. The van der Waals surface area contributed by atoms with Crippen molar-refractivity contribution >= 4 is 5.91 Å². The number of benzene rings is 1. The number of aliphatic hydroxyl groups is 1. The zero-order valence-electron chi connectivity index (χ0n) is 9.96. The van der Waals surface area contributed by atoms with E-state index in [0.29, 0.717) is 11.5 Å². The highest BCUT2D eigenvalue weighted by Crippen LogP contribution is 2.19. The lowest BCUT2D eigenvalue weighted by atomic mass is 10.2. The molecule has 1 aromatic heterocycles. The normalized spacial score (nSPS) is 12.1. The summed E-state index contributed by atoms with van der Waals surface area (Å²) >= 11 is 0. The molecule has 5 heteroatoms. The Hall–Kier alpha value is -2.14. The van der Waals surface area contributed by atoms with Crippen molar-refractivity contribution in [1.29, 1.82) is 0 Å². The molecule has 5 nitrogen and oxygen atoms in total. The summed E-state index contributed by atoms with van der Waals surface area (Å²) in [6.45, 7) is 1.65. The molecule has 2 N–H and O–H groups in total. The molecule has 0 radical (unpaired) electrons. The van der Waals surface area contributed by atoms with Crippen molar-refractivity contribution < 1.29 is 14.4 Å². The second-order valence-electron chi connectivity index (χ2n) is 3.94. The molecule has 0 saturated heterocycles. The maximum absolute atomic E-state index is 11.2. The topological polar surface area (TPSA) is 75.4 Å². The van der Waals surface area contributed by atoms with E-state index in [1.54, 1.807) is 6.07 Å². The smallest absolute Gasteiger partial charge is 0.248 e. The van der Waals surface area contributed by atoms with E-state index in [1.807, 2.05) is 30.3 Å². The molecule has 94 valence electrons. The fourth-order valence-electron chi connectivity index (χ4n) is 1.46. The van der Waals surface area contributed by atoms with Gasteiger partial charge in [-0.1, -0.05) is 35.5 Å². The maximum atomic E-state index is 11.2. The molecule has 1 unspecified atom stereocenters. The fraction of sp³-hybridized carbons (Fsp3) is 0.231. The van der Waals surface area contributed by atoms with Gasteiger partial charge in [0.1, 0.15) is 11.8 Å². The lowest BCUT2D eigenvalue weighted by Gasteiger charge is -2.03. The van der Waals surface area contributed by atoms with Gasteiger partial charge in [0.25, 0.3) is 0 Å². The van der Waals surface area contributed by atoms with Gasteiger partial charge in [-0.2, -0.15) is 0 Å². The van der Waals surface area contributed by atoms with Gasteiger partial charge in [0.15, 0.2) is 5.76 Å². The van der Waals surface area contributed by atoms with Crippen molar-refractivity contribution in [2.24, 2.45) is 0 Å². The van der Waals surface area contributed by atoms with Crippen molar-refractivity contribution in [3.05, 3.63) is 42.1 Å². The number of nitrogens with zero attached hydrogens (tertiary/aromatic N) is 1. The predicted octanol–water partition coefficient (Wildman–Crippen LogP) is 1.34. The summed E-state index contributed by atoms with van der Waals surface area (Å²) < 4.78 is 5.18. The van der Waals surface area contributed by atoms with Crippen molar-refractivity contribution in [2.75, 3.05) is 0 Å². The maximum Gasteiger partial charge on any atom is 0.248 e. The van der Waals surface area contributed by atoms with Crippen LogP contribution in [0.2, 0.25) is 0 Å². The quantitative estimate of drug-likeness (QED) is 0.853. The van der Waals surface area contributed by atoms with E-state index in [9.17, 15) is 4.79 Å². The van der Waals surface area contributed by atoms with Crippen LogP contribution in [0.5, 0.6) is 0 Å². The lowest BCUT2D eigenvalue weighted by molar-refractivity contribution is -0.128. The van der Waals surface area contributed by atoms with Gasteiger partial charge in [-0.15, -0.1) is 0 Å². The third-order valence-corrected chi connectivity index (χ3v) is 2.44. The Labute approximate surface area is 104 Å². The predicted molar refractivity (Wildman–Crippen MR) is 65.5 cm³/mol. The first-order valence-corrected chi connectivity index (χ1v) is 5.63. The lowest BCUT2D eigenvalue weighted by Crippen LogP contribution is -2.32. The first-order chi connectivity index (χ1) is 8.66. The van der Waals surface area contributed by atoms with E-state index in [4.69, 9.17) is 9.63 Å². The Morgan fingerprint density at radius 2 is 2.17 bits per heavy atom. The van der Waals surface area contributed by atoms with Crippen LogP contribution < -0.4 is 5.32 Å². The van der Waals surface area contributed by atoms with Gasteiger partial charge < -0.3 is 14.9 Å². The molecule has 1 heterocycles. The van der Waals surface area contributed by atoms with Crippen LogP contribution in [0.4, 0.5) is 0 Å². The molecule has 0 aliphatic carbocycles. The van der Waals surface area contributed by atoms with Crippen molar-refractivity contribution in [3.8, 4) is 11.3 Å². The molecule has 0 saturated carbocycles. The molecule has 1 amide bonds. The van der Waals surface area contributed by atoms with E-state index in [2.05, 4.69) is 10.5 Å². The zero-order valence-corrected chi connectivity index (χ0v) is 9.96. The van der Waals surface area contributed by atoms with Gasteiger partial charge in [0.05, 0.1) is 6.54 Å². The summed E-state index contributed by atoms with van der Waals surface area (Å²) in [6.07, 6.45) is -1.02. The van der Waals surface area contributed by atoms with Gasteiger partial charge in [-0.3, -0.25) is 4.79 Å². The van der Waals surface area contributed by atoms with Crippen LogP contribution in [0.25, 0.3) is 11.3 Å². The summed E-state index contributed by atoms with van der Waals surface area (Å²) in [6, 6.07) is 11.3. The van der Waals surface area contributed by atoms with Crippen molar-refractivity contribution in [1.82, 2.24) is 10.5 Å². The first-order valence-electron chi connectivity index (χ1n) is 5.63. The third-order valence-electron chi connectivity index (χ3n) is 2.44. The molecule has 1 atom stereocenters. The van der Waals surface area contributed by atoms with Gasteiger partial charge in [0, 0.05) is 11.6 Å². The van der Waals surface area contributed by atoms with Gasteiger partial charge in [-0.05, 0) is 6.92 Å². The number of carbonyl (C=O) groups is 1. The minimum Gasteiger partial charge on any atom is -0.384 e. The second kappa shape index (κ2) is 5.46. The van der Waals surface area contributed by atoms with Crippen LogP contribution in [0.1, 0.15) is 12.6 Å². The number of nitrogens with one attached hydrogen (secondary N) is 1. The Bertz CT molecular complexity index is 520. The Morgan fingerprint density at radius 3 is 2.83 bits per heavy atom. The van der Waals surface area contributed by atoms with E-state index < -0.39 is 12.0 Å². The zero-order chi connectivity index (χ0) is 13.0. The largest absolute Gasteiger partial charge is 0.384 e. The highest BCUT2D eigenvalue weighted by Gasteiger charge is 2.10. The molecule has 0 aliphatic heterocycles. The minimum atomic E-state index is -1.02. The second-order valence-corrected chi connectivity index (χ2v) is 3.94. The number of hydrogen-bond donors (Lipinski definition) is 2. The molecule has 0 spiro atoms. The number of carbonyl (C=O) groups excluding carboxylic acids is 1. The number of rotatable bonds is 4. The highest BCUT2D eigenvalue weighted by molar-refractivity contribution is 5.79. The average molecular weight is 246 g/mol. The van der Waals surface area contributed by atoms with Crippen molar-refractivity contribution in [2.45, 2.75) is 19.6 Å². The SMILES string of the molecule is CC(O)C(=O)NCc1cc(-c2ccccc2)on1. The molecular weight excluding hydrogens is 232 g/mol. The Balaban J connectivity index is 2.01. The molecule has 1 aromatic carbocycles.